The molecular weight excluding hydrogens is 575 g/mol. The fourth-order valence-electron chi connectivity index (χ4n) is 4.52. The van der Waals surface area contributed by atoms with E-state index in [4.69, 9.17) is 28.0 Å². The molecule has 1 fully saturated rings. The average molecular weight is 596 g/mol. The Morgan fingerprint density at radius 3 is 2.28 bits per heavy atom. The highest BCUT2D eigenvalue weighted by molar-refractivity contribution is 6.34. The van der Waals surface area contributed by atoms with Gasteiger partial charge < -0.3 is 14.6 Å². The van der Waals surface area contributed by atoms with E-state index in [9.17, 15) is 35.9 Å². The van der Waals surface area contributed by atoms with E-state index in [-0.39, 0.29) is 37.2 Å². The lowest BCUT2D eigenvalue weighted by atomic mass is 9.88. The average Bonchev–Trinajstić information content (AvgIpc) is 3.22. The molecule has 2 aromatic rings. The van der Waals surface area contributed by atoms with Crippen LogP contribution < -0.4 is 0 Å². The fourth-order valence-corrected chi connectivity index (χ4v) is 5.05. The van der Waals surface area contributed by atoms with Crippen LogP contribution in [0.2, 0.25) is 10.0 Å². The minimum Gasteiger partial charge on any atom is -0.384 e. The van der Waals surface area contributed by atoms with E-state index in [1.807, 2.05) is 0 Å². The van der Waals surface area contributed by atoms with E-state index in [2.05, 4.69) is 5.16 Å². The summed E-state index contributed by atoms with van der Waals surface area (Å²) in [5.41, 5.74) is -2.23. The highest BCUT2D eigenvalue weighted by atomic mass is 35.5. The first kappa shape index (κ1) is 29.0. The summed E-state index contributed by atoms with van der Waals surface area (Å²) in [5, 5.41) is 4.64. The summed E-state index contributed by atoms with van der Waals surface area (Å²) in [6.07, 6.45) is -9.38. The van der Waals surface area contributed by atoms with Gasteiger partial charge in [0.2, 0.25) is 0 Å². The third kappa shape index (κ3) is 6.60. The first-order chi connectivity index (χ1) is 18.1. The predicted molar refractivity (Wildman–Crippen MR) is 131 cm³/mol. The molecule has 2 heterocycles. The number of ketones is 1. The molecule has 4 rings (SSSR count). The van der Waals surface area contributed by atoms with Crippen LogP contribution in [0.1, 0.15) is 46.8 Å². The van der Waals surface area contributed by atoms with Gasteiger partial charge in [-0.3, -0.25) is 4.79 Å². The number of oxime groups is 1. The first-order valence-corrected chi connectivity index (χ1v) is 12.4. The number of carbonyl (C=O) groups is 2. The maximum atomic E-state index is 14.0. The van der Waals surface area contributed by atoms with Gasteiger partial charge in [0, 0.05) is 46.2 Å². The molecule has 210 valence electrons. The Labute approximate surface area is 229 Å². The van der Waals surface area contributed by atoms with Gasteiger partial charge in [0.15, 0.2) is 11.4 Å². The largest absolute Gasteiger partial charge is 0.417 e. The number of hydrogen-bond donors (Lipinski definition) is 0. The number of amides is 2. The summed E-state index contributed by atoms with van der Waals surface area (Å²) in [6, 6.07) is 6.67. The van der Waals surface area contributed by atoms with Gasteiger partial charge in [-0.1, -0.05) is 40.5 Å². The maximum absolute atomic E-state index is 14.0. The second-order valence-electron chi connectivity index (χ2n) is 9.47. The van der Waals surface area contributed by atoms with Gasteiger partial charge >= 0.3 is 18.4 Å². The SMILES string of the molecule is CC1(c2cc(Cl)cc(Cl)c2)CC(c2ccc(C(=O)CN3CCCN(CC(F)(F)F)C3=O)c(C(F)(F)F)c2)=NO1. The van der Waals surface area contributed by atoms with Crippen LogP contribution in [0.25, 0.3) is 0 Å². The van der Waals surface area contributed by atoms with Gasteiger partial charge in [-0.05, 0) is 37.6 Å². The zero-order valence-electron chi connectivity index (χ0n) is 20.3. The Morgan fingerprint density at radius 2 is 1.67 bits per heavy atom. The summed E-state index contributed by atoms with van der Waals surface area (Å²) in [5.74, 6) is -1.06. The molecule has 1 unspecified atom stereocenters. The van der Waals surface area contributed by atoms with Crippen molar-refractivity contribution >= 4 is 40.7 Å². The molecule has 2 aromatic carbocycles. The van der Waals surface area contributed by atoms with Crippen molar-refractivity contribution < 1.29 is 40.8 Å². The molecule has 1 saturated heterocycles. The van der Waals surface area contributed by atoms with Crippen molar-refractivity contribution in [3.63, 3.8) is 0 Å². The topological polar surface area (TPSA) is 62.2 Å². The molecule has 14 heteroatoms. The van der Waals surface area contributed by atoms with Gasteiger partial charge in [0.1, 0.15) is 6.54 Å². The van der Waals surface area contributed by atoms with Gasteiger partial charge in [0.05, 0.1) is 17.8 Å². The van der Waals surface area contributed by atoms with Crippen LogP contribution in [0.3, 0.4) is 0 Å². The van der Waals surface area contributed by atoms with Crippen molar-refractivity contribution in [3.05, 3.63) is 68.7 Å². The second kappa shape index (κ2) is 10.5. The molecule has 0 N–H and O–H groups in total. The minimum atomic E-state index is -4.95. The third-order valence-electron chi connectivity index (χ3n) is 6.40. The Kier molecular flexibility index (Phi) is 7.83. The first-order valence-electron chi connectivity index (χ1n) is 11.6. The normalized spacial score (nSPS) is 20.2. The molecule has 39 heavy (non-hydrogen) atoms. The second-order valence-corrected chi connectivity index (χ2v) is 10.3. The summed E-state index contributed by atoms with van der Waals surface area (Å²) < 4.78 is 80.3. The van der Waals surface area contributed by atoms with Crippen molar-refractivity contribution in [2.45, 2.75) is 37.7 Å². The van der Waals surface area contributed by atoms with Gasteiger partial charge in [-0.2, -0.15) is 26.3 Å². The van der Waals surface area contributed by atoms with Crippen LogP contribution in [0, 0.1) is 0 Å². The molecular formula is C25H21Cl2F6N3O3. The van der Waals surface area contributed by atoms with Crippen LogP contribution >= 0.6 is 23.2 Å². The Balaban J connectivity index is 1.56. The lowest BCUT2D eigenvalue weighted by Gasteiger charge is -2.35. The number of halogens is 8. The Morgan fingerprint density at radius 1 is 1.03 bits per heavy atom. The van der Waals surface area contributed by atoms with E-state index >= 15 is 0 Å². The smallest absolute Gasteiger partial charge is 0.384 e. The quantitative estimate of drug-likeness (QED) is 0.269. The van der Waals surface area contributed by atoms with Gasteiger partial charge in [-0.25, -0.2) is 4.79 Å². The highest BCUT2D eigenvalue weighted by Crippen LogP contribution is 2.40. The molecule has 0 saturated carbocycles. The van der Waals surface area contributed by atoms with E-state index in [1.165, 1.54) is 12.1 Å². The van der Waals surface area contributed by atoms with Crippen molar-refractivity contribution in [3.8, 4) is 0 Å². The number of hydrogen-bond acceptors (Lipinski definition) is 4. The van der Waals surface area contributed by atoms with E-state index in [1.54, 1.807) is 19.1 Å². The lowest BCUT2D eigenvalue weighted by molar-refractivity contribution is -0.142. The van der Waals surface area contributed by atoms with Crippen LogP contribution in [0.4, 0.5) is 31.1 Å². The van der Waals surface area contributed by atoms with Crippen LogP contribution in [-0.4, -0.2) is 59.7 Å². The van der Waals surface area contributed by atoms with Crippen LogP contribution in [0.15, 0.2) is 41.6 Å². The molecule has 0 radical (unpaired) electrons. The molecule has 0 bridgehead atoms. The zero-order chi connectivity index (χ0) is 28.8. The lowest BCUT2D eigenvalue weighted by Crippen LogP contribution is -2.53. The molecule has 2 aliphatic heterocycles. The summed E-state index contributed by atoms with van der Waals surface area (Å²) in [6.45, 7) is -0.864. The standard InChI is InChI=1S/C25H21Cl2F6N3O3/c1-23(15-8-16(26)10-17(27)9-15)11-20(34-39-23)14-3-4-18(19(7-14)25(31,32)33)21(37)12-35-5-2-6-36(22(35)38)13-24(28,29)30/h3-4,7-10H,2,5-6,11-13H2,1H3. The number of carbonyl (C=O) groups excluding carboxylic acids is 2. The van der Waals surface area contributed by atoms with Gasteiger partial charge in [0.25, 0.3) is 0 Å². The van der Waals surface area contributed by atoms with Crippen LogP contribution in [-0.2, 0) is 16.6 Å². The van der Waals surface area contributed by atoms with Crippen molar-refractivity contribution in [1.29, 1.82) is 0 Å². The molecule has 0 aromatic heterocycles. The molecule has 1 atom stereocenters. The number of urea groups is 1. The summed E-state index contributed by atoms with van der Waals surface area (Å²) in [7, 11) is 0. The monoisotopic (exact) mass is 595 g/mol. The number of benzene rings is 2. The number of nitrogens with zero attached hydrogens (tertiary/aromatic N) is 3. The molecule has 6 nitrogen and oxygen atoms in total. The maximum Gasteiger partial charge on any atom is 0.417 e. The van der Waals surface area contributed by atoms with E-state index < -0.39 is 54.0 Å². The Hall–Kier alpha value is -2.99. The minimum absolute atomic E-state index is 0.0566. The highest BCUT2D eigenvalue weighted by Gasteiger charge is 2.41. The molecule has 0 spiro atoms. The van der Waals surface area contributed by atoms with Crippen LogP contribution in [0.5, 0.6) is 0 Å². The zero-order valence-corrected chi connectivity index (χ0v) is 21.8. The van der Waals surface area contributed by atoms with Crippen molar-refractivity contribution in [2.24, 2.45) is 5.16 Å². The summed E-state index contributed by atoms with van der Waals surface area (Å²) >= 11 is 12.1. The number of alkyl halides is 6. The van der Waals surface area contributed by atoms with Crippen molar-refractivity contribution in [2.75, 3.05) is 26.2 Å². The molecule has 2 aliphatic rings. The molecule has 2 amide bonds. The number of Topliss-reactive ketones (excluding diaryl/α,β-unsaturated/α-hetero) is 1. The summed E-state index contributed by atoms with van der Waals surface area (Å²) in [4.78, 5) is 32.2. The number of rotatable bonds is 6. The Bertz CT molecular complexity index is 1310. The van der Waals surface area contributed by atoms with Crippen molar-refractivity contribution in [1.82, 2.24) is 9.80 Å². The van der Waals surface area contributed by atoms with E-state index in [0.29, 0.717) is 20.5 Å². The predicted octanol–water partition coefficient (Wildman–Crippen LogP) is 6.92. The third-order valence-corrected chi connectivity index (χ3v) is 6.83. The fraction of sp³-hybridized carbons (Fsp3) is 0.400. The van der Waals surface area contributed by atoms with E-state index in [0.717, 1.165) is 17.0 Å². The molecule has 0 aliphatic carbocycles. The van der Waals surface area contributed by atoms with Gasteiger partial charge in [-0.15, -0.1) is 0 Å².